The number of amides is 1. The standard InChI is InChI=1S/C20H21BrN2O4S/c1-13(2)23(3)28(25,26)18-7-5-17(6-8-18)22-20(24)15-10-14-11-16(21)4-9-19(14)27-12-15/h4-11,13H,12H2,1-3H3,(H,22,24). The molecule has 2 aromatic carbocycles. The van der Waals surface area contributed by atoms with E-state index in [1.54, 1.807) is 25.3 Å². The molecule has 2 aromatic rings. The zero-order chi connectivity index (χ0) is 20.5. The number of anilines is 1. The van der Waals surface area contributed by atoms with Crippen molar-refractivity contribution in [2.75, 3.05) is 19.0 Å². The van der Waals surface area contributed by atoms with Gasteiger partial charge < -0.3 is 10.1 Å². The normalized spacial score (nSPS) is 13.7. The molecule has 148 valence electrons. The van der Waals surface area contributed by atoms with E-state index in [0.717, 1.165) is 15.8 Å². The maximum atomic E-state index is 12.5. The van der Waals surface area contributed by atoms with Crippen LogP contribution in [0.5, 0.6) is 5.75 Å². The quantitative estimate of drug-likeness (QED) is 0.727. The Labute approximate surface area is 173 Å². The molecule has 8 heteroatoms. The summed E-state index contributed by atoms with van der Waals surface area (Å²) in [6, 6.07) is 11.6. The van der Waals surface area contributed by atoms with E-state index in [1.165, 1.54) is 16.4 Å². The molecule has 0 unspecified atom stereocenters. The molecule has 0 aliphatic carbocycles. The van der Waals surface area contributed by atoms with Crippen molar-refractivity contribution in [1.29, 1.82) is 0 Å². The molecule has 1 heterocycles. The Balaban J connectivity index is 1.75. The number of benzene rings is 2. The van der Waals surface area contributed by atoms with Gasteiger partial charge in [-0.15, -0.1) is 0 Å². The van der Waals surface area contributed by atoms with Crippen LogP contribution >= 0.6 is 15.9 Å². The topological polar surface area (TPSA) is 75.7 Å². The van der Waals surface area contributed by atoms with Crippen LogP contribution in [0.4, 0.5) is 5.69 Å². The highest BCUT2D eigenvalue weighted by Crippen LogP contribution is 2.29. The summed E-state index contributed by atoms with van der Waals surface area (Å²) in [7, 11) is -2.01. The average Bonchev–Trinajstić information content (AvgIpc) is 2.67. The number of sulfonamides is 1. The maximum absolute atomic E-state index is 12.5. The minimum absolute atomic E-state index is 0.148. The highest BCUT2D eigenvalue weighted by Gasteiger charge is 2.23. The molecule has 0 aromatic heterocycles. The lowest BCUT2D eigenvalue weighted by atomic mass is 10.1. The summed E-state index contributed by atoms with van der Waals surface area (Å²) >= 11 is 3.40. The van der Waals surface area contributed by atoms with Crippen molar-refractivity contribution in [3.05, 3.63) is 58.1 Å². The molecule has 0 saturated heterocycles. The molecule has 3 rings (SSSR count). The Morgan fingerprint density at radius 2 is 1.86 bits per heavy atom. The molecule has 1 aliphatic rings. The van der Waals surface area contributed by atoms with Crippen LogP contribution in [0.25, 0.3) is 6.08 Å². The molecule has 0 bridgehead atoms. The van der Waals surface area contributed by atoms with Crippen LogP contribution in [0, 0.1) is 0 Å². The van der Waals surface area contributed by atoms with Gasteiger partial charge in [0.2, 0.25) is 10.0 Å². The van der Waals surface area contributed by atoms with Gasteiger partial charge in [0.25, 0.3) is 5.91 Å². The van der Waals surface area contributed by atoms with E-state index in [2.05, 4.69) is 21.2 Å². The molecule has 28 heavy (non-hydrogen) atoms. The summed E-state index contributed by atoms with van der Waals surface area (Å²) in [6.45, 7) is 3.79. The van der Waals surface area contributed by atoms with Crippen LogP contribution in [0.3, 0.4) is 0 Å². The smallest absolute Gasteiger partial charge is 0.255 e. The summed E-state index contributed by atoms with van der Waals surface area (Å²) in [4.78, 5) is 12.7. The van der Waals surface area contributed by atoms with E-state index in [0.29, 0.717) is 11.3 Å². The first-order chi connectivity index (χ1) is 13.2. The summed E-state index contributed by atoms with van der Waals surface area (Å²) in [5.74, 6) is 0.434. The summed E-state index contributed by atoms with van der Waals surface area (Å²) in [6.07, 6.45) is 1.79. The number of hydrogen-bond donors (Lipinski definition) is 1. The number of halogens is 1. The minimum Gasteiger partial charge on any atom is -0.488 e. The van der Waals surface area contributed by atoms with Crippen LogP contribution in [-0.2, 0) is 14.8 Å². The monoisotopic (exact) mass is 464 g/mol. The highest BCUT2D eigenvalue weighted by atomic mass is 79.9. The van der Waals surface area contributed by atoms with Gasteiger partial charge in [0, 0.05) is 28.8 Å². The van der Waals surface area contributed by atoms with Crippen molar-refractivity contribution in [3.8, 4) is 5.75 Å². The third-order valence-corrected chi connectivity index (χ3v) is 7.03. The maximum Gasteiger partial charge on any atom is 0.255 e. The van der Waals surface area contributed by atoms with Gasteiger partial charge in [-0.1, -0.05) is 15.9 Å². The number of carbonyl (C=O) groups excluding carboxylic acids is 1. The van der Waals surface area contributed by atoms with E-state index in [1.807, 2.05) is 32.0 Å². The fourth-order valence-corrected chi connectivity index (χ4v) is 4.39. The molecule has 0 spiro atoms. The Bertz CT molecular complexity index is 1030. The number of nitrogens with zero attached hydrogens (tertiary/aromatic N) is 1. The van der Waals surface area contributed by atoms with E-state index >= 15 is 0 Å². The molecule has 0 atom stereocenters. The third kappa shape index (κ3) is 4.29. The van der Waals surface area contributed by atoms with Gasteiger partial charge in [-0.05, 0) is 62.4 Å². The lowest BCUT2D eigenvalue weighted by Crippen LogP contribution is -2.33. The van der Waals surface area contributed by atoms with Crippen molar-refractivity contribution in [3.63, 3.8) is 0 Å². The average molecular weight is 465 g/mol. The molecular weight excluding hydrogens is 444 g/mol. The number of ether oxygens (including phenoxy) is 1. The second kappa shape index (κ2) is 8.06. The van der Waals surface area contributed by atoms with E-state index in [-0.39, 0.29) is 23.5 Å². The molecule has 0 saturated carbocycles. The lowest BCUT2D eigenvalue weighted by Gasteiger charge is -2.21. The zero-order valence-electron chi connectivity index (χ0n) is 15.8. The first-order valence-electron chi connectivity index (χ1n) is 8.71. The Morgan fingerprint density at radius 3 is 2.50 bits per heavy atom. The second-order valence-electron chi connectivity index (χ2n) is 6.73. The second-order valence-corrected chi connectivity index (χ2v) is 9.65. The van der Waals surface area contributed by atoms with E-state index < -0.39 is 10.0 Å². The number of nitrogens with one attached hydrogen (secondary N) is 1. The summed E-state index contributed by atoms with van der Waals surface area (Å²) in [5.41, 5.74) is 1.82. The first kappa shape index (κ1) is 20.6. The Hall–Kier alpha value is -2.16. The molecular formula is C20H21BrN2O4S. The van der Waals surface area contributed by atoms with Gasteiger partial charge in [0.1, 0.15) is 12.4 Å². The van der Waals surface area contributed by atoms with Gasteiger partial charge in [-0.3, -0.25) is 4.79 Å². The van der Waals surface area contributed by atoms with Crippen LogP contribution in [0.2, 0.25) is 0 Å². The van der Waals surface area contributed by atoms with Gasteiger partial charge in [-0.25, -0.2) is 8.42 Å². The lowest BCUT2D eigenvalue weighted by molar-refractivity contribution is -0.113. The number of carbonyl (C=O) groups is 1. The van der Waals surface area contributed by atoms with Crippen molar-refractivity contribution in [1.82, 2.24) is 4.31 Å². The van der Waals surface area contributed by atoms with Crippen molar-refractivity contribution < 1.29 is 17.9 Å². The van der Waals surface area contributed by atoms with Crippen LogP contribution < -0.4 is 10.1 Å². The molecule has 1 N–H and O–H groups in total. The summed E-state index contributed by atoms with van der Waals surface area (Å²) in [5, 5.41) is 2.78. The molecule has 1 aliphatic heterocycles. The Morgan fingerprint density at radius 1 is 1.18 bits per heavy atom. The van der Waals surface area contributed by atoms with Crippen molar-refractivity contribution in [2.45, 2.75) is 24.8 Å². The highest BCUT2D eigenvalue weighted by molar-refractivity contribution is 9.10. The SMILES string of the molecule is CC(C)N(C)S(=O)(=O)c1ccc(NC(=O)C2=Cc3cc(Br)ccc3OC2)cc1. The van der Waals surface area contributed by atoms with Gasteiger partial charge in [0.15, 0.2) is 0 Å². The van der Waals surface area contributed by atoms with E-state index in [9.17, 15) is 13.2 Å². The van der Waals surface area contributed by atoms with Crippen LogP contribution in [0.15, 0.2) is 57.4 Å². The molecule has 6 nitrogen and oxygen atoms in total. The van der Waals surface area contributed by atoms with Gasteiger partial charge in [0.05, 0.1) is 10.5 Å². The Kier molecular flexibility index (Phi) is 5.92. The first-order valence-corrected chi connectivity index (χ1v) is 10.9. The number of rotatable bonds is 5. The minimum atomic E-state index is -3.56. The van der Waals surface area contributed by atoms with E-state index in [4.69, 9.17) is 4.74 Å². The van der Waals surface area contributed by atoms with Gasteiger partial charge >= 0.3 is 0 Å². The number of hydrogen-bond acceptors (Lipinski definition) is 4. The molecule has 1 amide bonds. The predicted molar refractivity (Wildman–Crippen MR) is 113 cm³/mol. The summed E-state index contributed by atoms with van der Waals surface area (Å²) < 4.78 is 32.8. The van der Waals surface area contributed by atoms with Crippen LogP contribution in [-0.4, -0.2) is 38.3 Å². The zero-order valence-corrected chi connectivity index (χ0v) is 18.2. The molecule has 0 fully saturated rings. The number of fused-ring (bicyclic) bond motifs is 1. The fraction of sp³-hybridized carbons (Fsp3) is 0.250. The van der Waals surface area contributed by atoms with Crippen molar-refractivity contribution >= 4 is 43.6 Å². The van der Waals surface area contributed by atoms with Crippen LogP contribution in [0.1, 0.15) is 19.4 Å². The molecule has 0 radical (unpaired) electrons. The third-order valence-electron chi connectivity index (χ3n) is 4.49. The largest absolute Gasteiger partial charge is 0.488 e. The van der Waals surface area contributed by atoms with Gasteiger partial charge in [-0.2, -0.15) is 4.31 Å². The fourth-order valence-electron chi connectivity index (χ4n) is 2.64. The predicted octanol–water partition coefficient (Wildman–Crippen LogP) is 3.89. The van der Waals surface area contributed by atoms with Crippen molar-refractivity contribution in [2.24, 2.45) is 0 Å².